The number of nitrogens with zero attached hydrogens (tertiary/aromatic N) is 2. The Morgan fingerprint density at radius 2 is 1.63 bits per heavy atom. The van der Waals surface area contributed by atoms with E-state index in [4.69, 9.17) is 4.74 Å². The maximum Gasteiger partial charge on any atom is 0.264 e. The zero-order valence-electron chi connectivity index (χ0n) is 17.7. The number of hydrogen-bond acceptors (Lipinski definition) is 4. The summed E-state index contributed by atoms with van der Waals surface area (Å²) in [5.41, 5.74) is 0.438. The number of amides is 1. The average molecular weight is 431 g/mol. The predicted octanol–water partition coefficient (Wildman–Crippen LogP) is 4.07. The summed E-state index contributed by atoms with van der Waals surface area (Å²) in [6, 6.07) is 15.2. The third-order valence-corrected chi connectivity index (χ3v) is 7.35. The van der Waals surface area contributed by atoms with Crippen molar-refractivity contribution in [3.05, 3.63) is 54.6 Å². The zero-order valence-corrected chi connectivity index (χ0v) is 18.5. The van der Waals surface area contributed by atoms with Gasteiger partial charge in [0.05, 0.1) is 17.2 Å². The van der Waals surface area contributed by atoms with Crippen LogP contribution in [0.5, 0.6) is 5.75 Å². The number of likely N-dealkylation sites (N-methyl/N-ethyl adjacent to an activating group) is 1. The fraction of sp³-hybridized carbons (Fsp3) is 0.435. The van der Waals surface area contributed by atoms with E-state index in [9.17, 15) is 13.2 Å². The topological polar surface area (TPSA) is 66.9 Å². The number of ether oxygens (including phenoxy) is 1. The van der Waals surface area contributed by atoms with Gasteiger partial charge < -0.3 is 9.64 Å². The van der Waals surface area contributed by atoms with Gasteiger partial charge in [-0.15, -0.1) is 0 Å². The third-order valence-electron chi connectivity index (χ3n) is 5.56. The van der Waals surface area contributed by atoms with Crippen LogP contribution in [0, 0.1) is 0 Å². The molecule has 0 heterocycles. The minimum atomic E-state index is -3.89. The Bertz CT molecular complexity index is 923. The van der Waals surface area contributed by atoms with Crippen LogP contribution in [0.3, 0.4) is 0 Å². The first-order valence-electron chi connectivity index (χ1n) is 10.5. The summed E-state index contributed by atoms with van der Waals surface area (Å²) >= 11 is 0. The maximum atomic E-state index is 13.4. The van der Waals surface area contributed by atoms with Crippen molar-refractivity contribution in [1.29, 1.82) is 0 Å². The molecule has 30 heavy (non-hydrogen) atoms. The van der Waals surface area contributed by atoms with E-state index in [1.54, 1.807) is 66.5 Å². The molecular formula is C23H30N2O4S. The van der Waals surface area contributed by atoms with E-state index in [2.05, 4.69) is 0 Å². The second-order valence-corrected chi connectivity index (χ2v) is 9.41. The molecule has 0 aromatic heterocycles. The van der Waals surface area contributed by atoms with Crippen LogP contribution in [0.4, 0.5) is 5.69 Å². The normalized spacial score (nSPS) is 14.9. The van der Waals surface area contributed by atoms with Crippen molar-refractivity contribution >= 4 is 21.6 Å². The molecule has 1 amide bonds. The Morgan fingerprint density at radius 3 is 2.23 bits per heavy atom. The quantitative estimate of drug-likeness (QED) is 0.633. The fourth-order valence-electron chi connectivity index (χ4n) is 3.82. The van der Waals surface area contributed by atoms with E-state index in [0.29, 0.717) is 18.0 Å². The van der Waals surface area contributed by atoms with Crippen molar-refractivity contribution in [3.63, 3.8) is 0 Å². The SMILES string of the molecule is CCOc1ccc(N(CC(=O)N(C)C2CCCCC2)S(=O)(=O)c2ccccc2)cc1. The van der Waals surface area contributed by atoms with Crippen LogP contribution in [0.25, 0.3) is 0 Å². The molecule has 1 saturated carbocycles. The molecule has 7 heteroatoms. The number of benzene rings is 2. The first kappa shape index (κ1) is 22.2. The maximum absolute atomic E-state index is 13.4. The van der Waals surface area contributed by atoms with Crippen molar-refractivity contribution in [1.82, 2.24) is 4.90 Å². The summed E-state index contributed by atoms with van der Waals surface area (Å²) in [7, 11) is -2.11. The standard InChI is InChI=1S/C23H30N2O4S/c1-3-29-21-16-14-20(15-17-21)25(30(27,28)22-12-8-5-9-13-22)18-23(26)24(2)19-10-6-4-7-11-19/h5,8-9,12-17,19H,3-4,6-7,10-11,18H2,1-2H3. The molecule has 0 unspecified atom stereocenters. The smallest absolute Gasteiger partial charge is 0.264 e. The highest BCUT2D eigenvalue weighted by Crippen LogP contribution is 2.27. The van der Waals surface area contributed by atoms with Gasteiger partial charge >= 0.3 is 0 Å². The Kier molecular flexibility index (Phi) is 7.37. The Hall–Kier alpha value is -2.54. The number of carbonyl (C=O) groups is 1. The monoisotopic (exact) mass is 430 g/mol. The van der Waals surface area contributed by atoms with Crippen molar-refractivity contribution in [2.24, 2.45) is 0 Å². The zero-order chi connectivity index (χ0) is 21.6. The summed E-state index contributed by atoms with van der Waals surface area (Å²) in [6.07, 6.45) is 5.34. The van der Waals surface area contributed by atoms with Gasteiger partial charge in [0.2, 0.25) is 5.91 Å². The molecule has 1 aliphatic carbocycles. The predicted molar refractivity (Wildman–Crippen MR) is 118 cm³/mol. The second-order valence-electron chi connectivity index (χ2n) is 7.55. The number of hydrogen-bond donors (Lipinski definition) is 0. The molecule has 2 aromatic rings. The molecule has 2 aromatic carbocycles. The van der Waals surface area contributed by atoms with E-state index in [0.717, 1.165) is 25.7 Å². The third kappa shape index (κ3) is 5.14. The Labute approximate surface area is 179 Å². The van der Waals surface area contributed by atoms with Gasteiger partial charge in [-0.1, -0.05) is 37.5 Å². The molecule has 162 valence electrons. The lowest BCUT2D eigenvalue weighted by atomic mass is 9.94. The van der Waals surface area contributed by atoms with Crippen LogP contribution >= 0.6 is 0 Å². The van der Waals surface area contributed by atoms with Gasteiger partial charge in [0, 0.05) is 13.1 Å². The second kappa shape index (κ2) is 9.98. The van der Waals surface area contributed by atoms with Crippen molar-refractivity contribution < 1.29 is 17.9 Å². The fourth-order valence-corrected chi connectivity index (χ4v) is 5.25. The molecule has 0 atom stereocenters. The summed E-state index contributed by atoms with van der Waals surface area (Å²) in [4.78, 5) is 15.0. The van der Waals surface area contributed by atoms with Crippen LogP contribution in [0.2, 0.25) is 0 Å². The number of sulfonamides is 1. The van der Waals surface area contributed by atoms with E-state index in [-0.39, 0.29) is 23.4 Å². The highest BCUT2D eigenvalue weighted by atomic mass is 32.2. The summed E-state index contributed by atoms with van der Waals surface area (Å²) < 4.78 is 33.5. The van der Waals surface area contributed by atoms with E-state index in [1.807, 2.05) is 6.92 Å². The van der Waals surface area contributed by atoms with Gasteiger partial charge in [-0.2, -0.15) is 0 Å². The van der Waals surface area contributed by atoms with Crippen LogP contribution in [-0.4, -0.2) is 45.5 Å². The lowest BCUT2D eigenvalue weighted by Crippen LogP contribution is -2.45. The molecule has 1 fully saturated rings. The molecule has 0 bridgehead atoms. The lowest BCUT2D eigenvalue weighted by molar-refractivity contribution is -0.130. The molecule has 0 N–H and O–H groups in total. The summed E-state index contributed by atoms with van der Waals surface area (Å²) in [5.74, 6) is 0.458. The van der Waals surface area contributed by atoms with Gasteiger partial charge in [-0.25, -0.2) is 8.42 Å². The van der Waals surface area contributed by atoms with Crippen molar-refractivity contribution in [3.8, 4) is 5.75 Å². The minimum absolute atomic E-state index is 0.159. The molecule has 3 rings (SSSR count). The highest BCUT2D eigenvalue weighted by molar-refractivity contribution is 7.92. The molecule has 0 radical (unpaired) electrons. The molecule has 0 spiro atoms. The number of rotatable bonds is 8. The molecule has 0 aliphatic heterocycles. The number of carbonyl (C=O) groups excluding carboxylic acids is 1. The van der Waals surface area contributed by atoms with Gasteiger partial charge in [0.15, 0.2) is 0 Å². The lowest BCUT2D eigenvalue weighted by Gasteiger charge is -2.33. The molecule has 6 nitrogen and oxygen atoms in total. The molecule has 1 aliphatic rings. The van der Waals surface area contributed by atoms with Gasteiger partial charge in [0.1, 0.15) is 12.3 Å². The summed E-state index contributed by atoms with van der Waals surface area (Å²) in [5, 5.41) is 0. The van der Waals surface area contributed by atoms with Crippen molar-refractivity contribution in [2.45, 2.75) is 50.0 Å². The Balaban J connectivity index is 1.90. The van der Waals surface area contributed by atoms with Crippen LogP contribution < -0.4 is 9.04 Å². The largest absolute Gasteiger partial charge is 0.494 e. The first-order chi connectivity index (χ1) is 14.4. The van der Waals surface area contributed by atoms with E-state index in [1.165, 1.54) is 10.7 Å². The van der Waals surface area contributed by atoms with Crippen LogP contribution in [0.15, 0.2) is 59.5 Å². The number of anilines is 1. The molecule has 0 saturated heterocycles. The van der Waals surface area contributed by atoms with Crippen LogP contribution in [0.1, 0.15) is 39.0 Å². The van der Waals surface area contributed by atoms with E-state index >= 15 is 0 Å². The van der Waals surface area contributed by atoms with Crippen LogP contribution in [-0.2, 0) is 14.8 Å². The summed E-state index contributed by atoms with van der Waals surface area (Å²) in [6.45, 7) is 2.17. The van der Waals surface area contributed by atoms with Gasteiger partial charge in [-0.3, -0.25) is 9.10 Å². The molecular weight excluding hydrogens is 400 g/mol. The van der Waals surface area contributed by atoms with Gasteiger partial charge in [0.25, 0.3) is 10.0 Å². The first-order valence-corrected chi connectivity index (χ1v) is 11.9. The van der Waals surface area contributed by atoms with Gasteiger partial charge in [-0.05, 0) is 56.2 Å². The Morgan fingerprint density at radius 1 is 1.00 bits per heavy atom. The highest BCUT2D eigenvalue weighted by Gasteiger charge is 2.30. The van der Waals surface area contributed by atoms with E-state index < -0.39 is 10.0 Å². The van der Waals surface area contributed by atoms with Crippen molar-refractivity contribution in [2.75, 3.05) is 24.5 Å². The average Bonchev–Trinajstić information content (AvgIpc) is 2.79. The minimum Gasteiger partial charge on any atom is -0.494 e.